The molecule has 0 radical (unpaired) electrons. The van der Waals surface area contributed by atoms with Crippen molar-refractivity contribution in [2.24, 2.45) is 0 Å². The molecule has 13 heavy (non-hydrogen) atoms. The fourth-order valence-corrected chi connectivity index (χ4v) is 1.00. The van der Waals surface area contributed by atoms with E-state index in [0.29, 0.717) is 0 Å². The van der Waals surface area contributed by atoms with Gasteiger partial charge in [0.25, 0.3) is 0 Å². The summed E-state index contributed by atoms with van der Waals surface area (Å²) in [6.07, 6.45) is 0. The molecular formula is C8H19N3O2. The van der Waals surface area contributed by atoms with Crippen LogP contribution in [-0.2, 0) is 4.79 Å². The van der Waals surface area contributed by atoms with E-state index < -0.39 is 5.97 Å². The lowest BCUT2D eigenvalue weighted by molar-refractivity contribution is -0.138. The number of likely N-dealkylation sites (N-methyl/N-ethyl adjacent to an activating group) is 2. The summed E-state index contributed by atoms with van der Waals surface area (Å²) in [5.41, 5.74) is 0. The summed E-state index contributed by atoms with van der Waals surface area (Å²) in [7, 11) is 3.72. The molecule has 0 aliphatic heterocycles. The molecule has 0 aromatic carbocycles. The molecule has 0 rings (SSSR count). The van der Waals surface area contributed by atoms with E-state index in [1.54, 1.807) is 0 Å². The maximum Gasteiger partial charge on any atom is 0.317 e. The van der Waals surface area contributed by atoms with E-state index in [4.69, 9.17) is 5.11 Å². The number of nitrogens with zero attached hydrogens (tertiary/aromatic N) is 1. The van der Waals surface area contributed by atoms with E-state index in [2.05, 4.69) is 10.6 Å². The summed E-state index contributed by atoms with van der Waals surface area (Å²) in [5, 5.41) is 14.6. The normalized spacial score (nSPS) is 10.7. The molecule has 0 saturated carbocycles. The maximum absolute atomic E-state index is 10.5. The Kier molecular flexibility index (Phi) is 7.57. The first kappa shape index (κ1) is 12.3. The van der Waals surface area contributed by atoms with Crippen molar-refractivity contribution in [2.75, 3.05) is 46.8 Å². The monoisotopic (exact) mass is 189 g/mol. The van der Waals surface area contributed by atoms with Gasteiger partial charge in [0.15, 0.2) is 0 Å². The first-order valence-electron chi connectivity index (χ1n) is 4.44. The Hall–Kier alpha value is -0.650. The molecular weight excluding hydrogens is 170 g/mol. The highest BCUT2D eigenvalue weighted by atomic mass is 16.4. The van der Waals surface area contributed by atoms with Gasteiger partial charge in [-0.25, -0.2) is 0 Å². The van der Waals surface area contributed by atoms with Gasteiger partial charge in [-0.2, -0.15) is 0 Å². The van der Waals surface area contributed by atoms with Crippen molar-refractivity contribution in [1.82, 2.24) is 15.5 Å². The third-order valence-electron chi connectivity index (χ3n) is 1.71. The SMILES string of the molecule is CNCCN(CCNC)CC(=O)O. The molecule has 0 amide bonds. The minimum Gasteiger partial charge on any atom is -0.480 e. The van der Waals surface area contributed by atoms with Crippen LogP contribution in [0.25, 0.3) is 0 Å². The Bertz CT molecular complexity index is 133. The van der Waals surface area contributed by atoms with Crippen LogP contribution in [0.3, 0.4) is 0 Å². The van der Waals surface area contributed by atoms with Gasteiger partial charge >= 0.3 is 5.97 Å². The van der Waals surface area contributed by atoms with Crippen LogP contribution < -0.4 is 10.6 Å². The van der Waals surface area contributed by atoms with Crippen molar-refractivity contribution >= 4 is 5.97 Å². The second-order valence-corrected chi connectivity index (χ2v) is 2.88. The van der Waals surface area contributed by atoms with Gasteiger partial charge in [0.05, 0.1) is 6.54 Å². The van der Waals surface area contributed by atoms with Crippen LogP contribution in [0.2, 0.25) is 0 Å². The highest BCUT2D eigenvalue weighted by Gasteiger charge is 2.07. The highest BCUT2D eigenvalue weighted by Crippen LogP contribution is 1.85. The Morgan fingerprint density at radius 2 is 1.69 bits per heavy atom. The van der Waals surface area contributed by atoms with E-state index in [0.717, 1.165) is 26.2 Å². The summed E-state index contributed by atoms with van der Waals surface area (Å²) < 4.78 is 0. The van der Waals surface area contributed by atoms with Gasteiger partial charge in [-0.05, 0) is 14.1 Å². The first-order chi connectivity index (χ1) is 6.20. The Balaban J connectivity index is 3.66. The van der Waals surface area contributed by atoms with Crippen molar-refractivity contribution in [3.8, 4) is 0 Å². The van der Waals surface area contributed by atoms with Crippen LogP contribution in [0.4, 0.5) is 0 Å². The van der Waals surface area contributed by atoms with Crippen LogP contribution in [0.1, 0.15) is 0 Å². The molecule has 0 heterocycles. The number of carbonyl (C=O) groups is 1. The molecule has 0 bridgehead atoms. The summed E-state index contributed by atoms with van der Waals surface area (Å²) in [6.45, 7) is 3.28. The number of nitrogens with one attached hydrogen (secondary N) is 2. The van der Waals surface area contributed by atoms with Gasteiger partial charge in [0.1, 0.15) is 0 Å². The van der Waals surface area contributed by atoms with Crippen molar-refractivity contribution in [1.29, 1.82) is 0 Å². The Labute approximate surface area is 79.1 Å². The fourth-order valence-electron chi connectivity index (χ4n) is 1.00. The first-order valence-corrected chi connectivity index (χ1v) is 4.44. The minimum absolute atomic E-state index is 0.114. The predicted molar refractivity (Wildman–Crippen MR) is 51.9 cm³/mol. The molecule has 5 heteroatoms. The van der Waals surface area contributed by atoms with Gasteiger partial charge in [0, 0.05) is 26.2 Å². The van der Waals surface area contributed by atoms with Crippen LogP contribution in [0, 0.1) is 0 Å². The standard InChI is InChI=1S/C8H19N3O2/c1-9-3-5-11(6-4-10-2)7-8(12)13/h9-10H,3-7H2,1-2H3,(H,12,13). The second-order valence-electron chi connectivity index (χ2n) is 2.88. The van der Waals surface area contributed by atoms with Crippen LogP contribution >= 0.6 is 0 Å². The van der Waals surface area contributed by atoms with Crippen LogP contribution in [0.15, 0.2) is 0 Å². The molecule has 3 N–H and O–H groups in total. The molecule has 0 aliphatic rings. The van der Waals surface area contributed by atoms with Crippen molar-refractivity contribution < 1.29 is 9.90 Å². The molecule has 5 nitrogen and oxygen atoms in total. The number of carboxylic acid groups (broad SMARTS) is 1. The lowest BCUT2D eigenvalue weighted by Crippen LogP contribution is -2.38. The Morgan fingerprint density at radius 1 is 1.23 bits per heavy atom. The summed E-state index contributed by atoms with van der Waals surface area (Å²) in [6, 6.07) is 0. The average Bonchev–Trinajstić information content (AvgIpc) is 2.09. The zero-order chi connectivity index (χ0) is 10.1. The maximum atomic E-state index is 10.5. The largest absolute Gasteiger partial charge is 0.480 e. The van der Waals surface area contributed by atoms with Gasteiger partial charge in [-0.1, -0.05) is 0 Å². The smallest absolute Gasteiger partial charge is 0.317 e. The van der Waals surface area contributed by atoms with Gasteiger partial charge in [-0.3, -0.25) is 9.69 Å². The number of aliphatic carboxylic acids is 1. The van der Waals surface area contributed by atoms with Crippen molar-refractivity contribution in [3.63, 3.8) is 0 Å². The second kappa shape index (κ2) is 7.97. The molecule has 0 spiro atoms. The zero-order valence-corrected chi connectivity index (χ0v) is 8.34. The minimum atomic E-state index is -0.771. The molecule has 78 valence electrons. The number of carboxylic acids is 1. The van der Waals surface area contributed by atoms with Crippen LogP contribution in [0.5, 0.6) is 0 Å². The van der Waals surface area contributed by atoms with Gasteiger partial charge < -0.3 is 15.7 Å². The van der Waals surface area contributed by atoms with E-state index in [-0.39, 0.29) is 6.54 Å². The zero-order valence-electron chi connectivity index (χ0n) is 8.34. The predicted octanol–water partition coefficient (Wildman–Crippen LogP) is -1.19. The van der Waals surface area contributed by atoms with Gasteiger partial charge in [0.2, 0.25) is 0 Å². The number of hydrogen-bond donors (Lipinski definition) is 3. The number of hydrogen-bond acceptors (Lipinski definition) is 4. The van der Waals surface area contributed by atoms with Gasteiger partial charge in [-0.15, -0.1) is 0 Å². The average molecular weight is 189 g/mol. The Morgan fingerprint density at radius 3 is 2.00 bits per heavy atom. The van der Waals surface area contributed by atoms with Crippen LogP contribution in [-0.4, -0.2) is 62.8 Å². The third kappa shape index (κ3) is 7.70. The summed E-state index contributed by atoms with van der Waals surface area (Å²) >= 11 is 0. The molecule has 0 fully saturated rings. The molecule has 0 aromatic rings. The molecule has 0 unspecified atom stereocenters. The third-order valence-corrected chi connectivity index (χ3v) is 1.71. The molecule has 0 atom stereocenters. The lowest BCUT2D eigenvalue weighted by atomic mass is 10.4. The van der Waals surface area contributed by atoms with E-state index in [1.165, 1.54) is 0 Å². The van der Waals surface area contributed by atoms with Crippen molar-refractivity contribution in [2.45, 2.75) is 0 Å². The number of rotatable bonds is 8. The molecule has 0 aliphatic carbocycles. The molecule has 0 aromatic heterocycles. The van der Waals surface area contributed by atoms with Crippen molar-refractivity contribution in [3.05, 3.63) is 0 Å². The van der Waals surface area contributed by atoms with E-state index >= 15 is 0 Å². The quantitative estimate of drug-likeness (QED) is 0.448. The van der Waals surface area contributed by atoms with E-state index in [1.807, 2.05) is 19.0 Å². The fraction of sp³-hybridized carbons (Fsp3) is 0.875. The summed E-state index contributed by atoms with van der Waals surface area (Å²) in [5.74, 6) is -0.771. The topological polar surface area (TPSA) is 64.6 Å². The van der Waals surface area contributed by atoms with E-state index in [9.17, 15) is 4.79 Å². The summed E-state index contributed by atoms with van der Waals surface area (Å²) in [4.78, 5) is 12.4. The highest BCUT2D eigenvalue weighted by molar-refractivity contribution is 5.69. The lowest BCUT2D eigenvalue weighted by Gasteiger charge is -2.19. The molecule has 0 saturated heterocycles.